The number of H-pyrrole nitrogens is 1. The lowest BCUT2D eigenvalue weighted by Gasteiger charge is -2.16. The Bertz CT molecular complexity index is 850. The summed E-state index contributed by atoms with van der Waals surface area (Å²) in [5.41, 5.74) is 1.56. The molecule has 0 radical (unpaired) electrons. The highest BCUT2D eigenvalue weighted by Gasteiger charge is 2.11. The average molecular weight is 344 g/mol. The quantitative estimate of drug-likeness (QED) is 0.826. The third kappa shape index (κ3) is 4.90. The van der Waals surface area contributed by atoms with E-state index >= 15 is 0 Å². The summed E-state index contributed by atoms with van der Waals surface area (Å²) in [6.07, 6.45) is 1.39. The van der Waals surface area contributed by atoms with Crippen LogP contribution in [0.3, 0.4) is 0 Å². The number of aromatic amines is 1. The van der Waals surface area contributed by atoms with Crippen molar-refractivity contribution in [2.45, 2.75) is 26.3 Å². The van der Waals surface area contributed by atoms with Crippen molar-refractivity contribution in [3.05, 3.63) is 62.4 Å². The Morgan fingerprint density at radius 1 is 1.24 bits per heavy atom. The van der Waals surface area contributed by atoms with E-state index in [4.69, 9.17) is 0 Å². The summed E-state index contributed by atoms with van der Waals surface area (Å²) >= 11 is 0. The molecule has 1 aromatic carbocycles. The molecule has 134 valence electrons. The standard InChI is InChI=1S/C18H24N4O3/c1-12(2)13-5-7-15(8-6-13)20-16(23)11-21(3)10-14-9-19-18(25)22(4)17(14)24/h5-9,12H,10-11H2,1-4H3,(H,19,25)(H,20,23). The fourth-order valence-corrected chi connectivity index (χ4v) is 2.47. The number of nitrogens with one attached hydrogen (secondary N) is 2. The molecule has 7 heteroatoms. The Labute approximate surface area is 146 Å². The lowest BCUT2D eigenvalue weighted by molar-refractivity contribution is -0.117. The van der Waals surface area contributed by atoms with Crippen molar-refractivity contribution in [3.63, 3.8) is 0 Å². The van der Waals surface area contributed by atoms with E-state index in [1.807, 2.05) is 24.3 Å². The Morgan fingerprint density at radius 2 is 1.88 bits per heavy atom. The van der Waals surface area contributed by atoms with Gasteiger partial charge in [-0.15, -0.1) is 0 Å². The highest BCUT2D eigenvalue weighted by atomic mass is 16.2. The third-order valence-corrected chi connectivity index (χ3v) is 3.97. The van der Waals surface area contributed by atoms with Crippen molar-refractivity contribution in [2.75, 3.05) is 18.9 Å². The average Bonchev–Trinajstić information content (AvgIpc) is 2.55. The van der Waals surface area contributed by atoms with Gasteiger partial charge < -0.3 is 10.3 Å². The Kier molecular flexibility index (Phi) is 5.93. The second-order valence-corrected chi connectivity index (χ2v) is 6.48. The zero-order chi connectivity index (χ0) is 18.6. The molecule has 1 heterocycles. The molecule has 2 rings (SSSR count). The number of carbonyl (C=O) groups excluding carboxylic acids is 1. The number of benzene rings is 1. The number of amides is 1. The van der Waals surface area contributed by atoms with E-state index in [1.165, 1.54) is 18.8 Å². The van der Waals surface area contributed by atoms with Crippen LogP contribution in [0.4, 0.5) is 5.69 Å². The number of aromatic nitrogens is 2. The van der Waals surface area contributed by atoms with Gasteiger partial charge in [0.1, 0.15) is 0 Å². The van der Waals surface area contributed by atoms with Gasteiger partial charge in [0.2, 0.25) is 5.91 Å². The van der Waals surface area contributed by atoms with Crippen LogP contribution in [0.2, 0.25) is 0 Å². The van der Waals surface area contributed by atoms with Gasteiger partial charge in [-0.2, -0.15) is 0 Å². The third-order valence-electron chi connectivity index (χ3n) is 3.97. The lowest BCUT2D eigenvalue weighted by atomic mass is 10.0. The minimum Gasteiger partial charge on any atom is -0.325 e. The molecule has 2 aromatic rings. The second kappa shape index (κ2) is 7.94. The van der Waals surface area contributed by atoms with Gasteiger partial charge in [0.05, 0.1) is 6.54 Å². The molecule has 2 N–H and O–H groups in total. The fraction of sp³-hybridized carbons (Fsp3) is 0.389. The molecule has 0 unspecified atom stereocenters. The molecule has 0 aliphatic heterocycles. The number of anilines is 1. The van der Waals surface area contributed by atoms with E-state index in [1.54, 1.807) is 11.9 Å². The summed E-state index contributed by atoms with van der Waals surface area (Å²) in [5.74, 6) is 0.275. The number of hydrogen-bond acceptors (Lipinski definition) is 4. The van der Waals surface area contributed by atoms with Crippen LogP contribution >= 0.6 is 0 Å². The van der Waals surface area contributed by atoms with Crippen molar-refractivity contribution in [3.8, 4) is 0 Å². The monoisotopic (exact) mass is 344 g/mol. The number of rotatable bonds is 6. The minimum absolute atomic E-state index is 0.133. The molecule has 0 saturated carbocycles. The molecule has 0 fully saturated rings. The molecule has 25 heavy (non-hydrogen) atoms. The largest absolute Gasteiger partial charge is 0.328 e. The Hall–Kier alpha value is -2.67. The first-order chi connectivity index (χ1) is 11.8. The molecule has 0 saturated heterocycles. The maximum absolute atomic E-state index is 12.1. The molecule has 0 bridgehead atoms. The van der Waals surface area contributed by atoms with Crippen molar-refractivity contribution in [1.82, 2.24) is 14.5 Å². The zero-order valence-electron chi connectivity index (χ0n) is 15.0. The van der Waals surface area contributed by atoms with Crippen molar-refractivity contribution in [1.29, 1.82) is 0 Å². The van der Waals surface area contributed by atoms with Crippen molar-refractivity contribution < 1.29 is 4.79 Å². The molecule has 0 atom stereocenters. The molecular weight excluding hydrogens is 320 g/mol. The van der Waals surface area contributed by atoms with Crippen LogP contribution in [0.25, 0.3) is 0 Å². The van der Waals surface area contributed by atoms with Crippen LogP contribution in [0.15, 0.2) is 40.1 Å². The summed E-state index contributed by atoms with van der Waals surface area (Å²) in [6, 6.07) is 7.75. The van der Waals surface area contributed by atoms with Crippen molar-refractivity contribution >= 4 is 11.6 Å². The Morgan fingerprint density at radius 3 is 2.48 bits per heavy atom. The van der Waals surface area contributed by atoms with Gasteiger partial charge in [-0.05, 0) is 30.7 Å². The van der Waals surface area contributed by atoms with Crippen LogP contribution in [-0.4, -0.2) is 34.0 Å². The number of carbonyl (C=O) groups is 1. The molecule has 7 nitrogen and oxygen atoms in total. The molecule has 0 aliphatic carbocycles. The van der Waals surface area contributed by atoms with Gasteiger partial charge in [-0.1, -0.05) is 26.0 Å². The van der Waals surface area contributed by atoms with E-state index in [-0.39, 0.29) is 24.6 Å². The summed E-state index contributed by atoms with van der Waals surface area (Å²) in [5, 5.41) is 2.84. The molecule has 0 spiro atoms. The summed E-state index contributed by atoms with van der Waals surface area (Å²) in [4.78, 5) is 39.7. The van der Waals surface area contributed by atoms with E-state index in [9.17, 15) is 14.4 Å². The summed E-state index contributed by atoms with van der Waals surface area (Å²) in [7, 11) is 3.16. The van der Waals surface area contributed by atoms with Gasteiger partial charge in [0, 0.05) is 31.0 Å². The lowest BCUT2D eigenvalue weighted by Crippen LogP contribution is -2.37. The smallest absolute Gasteiger partial charge is 0.325 e. The first-order valence-electron chi connectivity index (χ1n) is 8.14. The van der Waals surface area contributed by atoms with Crippen LogP contribution in [0.1, 0.15) is 30.9 Å². The molecule has 1 amide bonds. The first-order valence-corrected chi connectivity index (χ1v) is 8.14. The predicted octanol–water partition coefficient (Wildman–Crippen LogP) is 1.27. The van der Waals surface area contributed by atoms with Crippen LogP contribution < -0.4 is 16.6 Å². The maximum Gasteiger partial charge on any atom is 0.328 e. The van der Waals surface area contributed by atoms with Gasteiger partial charge in [0.25, 0.3) is 5.56 Å². The number of likely N-dealkylation sites (N-methyl/N-ethyl adjacent to an activating group) is 1. The molecule has 0 aliphatic rings. The maximum atomic E-state index is 12.1. The van der Waals surface area contributed by atoms with Gasteiger partial charge >= 0.3 is 5.69 Å². The highest BCUT2D eigenvalue weighted by Crippen LogP contribution is 2.17. The summed E-state index contributed by atoms with van der Waals surface area (Å²) in [6.45, 7) is 4.63. The number of nitrogens with zero attached hydrogens (tertiary/aromatic N) is 2. The fourth-order valence-electron chi connectivity index (χ4n) is 2.47. The van der Waals surface area contributed by atoms with Gasteiger partial charge in [-0.3, -0.25) is 19.1 Å². The zero-order valence-corrected chi connectivity index (χ0v) is 15.0. The van der Waals surface area contributed by atoms with E-state index < -0.39 is 5.69 Å². The summed E-state index contributed by atoms with van der Waals surface area (Å²) < 4.78 is 1.01. The first kappa shape index (κ1) is 18.7. The molecular formula is C18H24N4O3. The molecule has 1 aromatic heterocycles. The van der Waals surface area contributed by atoms with Crippen LogP contribution in [0.5, 0.6) is 0 Å². The van der Waals surface area contributed by atoms with Crippen LogP contribution in [-0.2, 0) is 18.4 Å². The van der Waals surface area contributed by atoms with Gasteiger partial charge in [-0.25, -0.2) is 4.79 Å². The van der Waals surface area contributed by atoms with Gasteiger partial charge in [0.15, 0.2) is 0 Å². The predicted molar refractivity (Wildman–Crippen MR) is 97.8 cm³/mol. The normalized spacial score (nSPS) is 11.1. The SMILES string of the molecule is CC(C)c1ccc(NC(=O)CN(C)Cc2c[nH]c(=O)n(C)c2=O)cc1. The Balaban J connectivity index is 1.95. The van der Waals surface area contributed by atoms with E-state index in [0.29, 0.717) is 11.5 Å². The van der Waals surface area contributed by atoms with Crippen LogP contribution in [0, 0.1) is 0 Å². The highest BCUT2D eigenvalue weighted by molar-refractivity contribution is 5.92. The second-order valence-electron chi connectivity index (χ2n) is 6.48. The number of hydrogen-bond donors (Lipinski definition) is 2. The topological polar surface area (TPSA) is 87.2 Å². The van der Waals surface area contributed by atoms with E-state index in [0.717, 1.165) is 10.3 Å². The van der Waals surface area contributed by atoms with E-state index in [2.05, 4.69) is 24.1 Å². The minimum atomic E-state index is -0.459. The van der Waals surface area contributed by atoms with Crippen molar-refractivity contribution in [2.24, 2.45) is 7.05 Å².